The molecule has 0 spiro atoms. The lowest BCUT2D eigenvalue weighted by Gasteiger charge is -2.36. The zero-order chi connectivity index (χ0) is 19.4. The first-order chi connectivity index (χ1) is 13.0. The van der Waals surface area contributed by atoms with Gasteiger partial charge in [-0.15, -0.1) is 11.8 Å². The Morgan fingerprint density at radius 3 is 2.63 bits per heavy atom. The molecule has 1 aliphatic heterocycles. The van der Waals surface area contributed by atoms with Crippen LogP contribution in [0.2, 0.25) is 5.02 Å². The lowest BCUT2D eigenvalue weighted by Crippen LogP contribution is -2.52. The molecular formula is C21H29ClN2O2S. The first kappa shape index (κ1) is 20.5. The van der Waals surface area contributed by atoms with Crippen LogP contribution in [0.15, 0.2) is 24.3 Å². The fourth-order valence-electron chi connectivity index (χ4n) is 3.98. The van der Waals surface area contributed by atoms with Crippen LogP contribution in [-0.2, 0) is 4.79 Å². The predicted molar refractivity (Wildman–Crippen MR) is 112 cm³/mol. The predicted octanol–water partition coefficient (Wildman–Crippen LogP) is 4.72. The first-order valence-corrected chi connectivity index (χ1v) is 11.4. The number of hydrogen-bond donors (Lipinski definition) is 1. The minimum atomic E-state index is -0.431. The third kappa shape index (κ3) is 4.62. The second-order valence-electron chi connectivity index (χ2n) is 7.65. The third-order valence-electron chi connectivity index (χ3n) is 5.73. The number of benzene rings is 1. The van der Waals surface area contributed by atoms with Crippen LogP contribution in [-0.4, -0.2) is 39.9 Å². The van der Waals surface area contributed by atoms with Crippen molar-refractivity contribution in [2.75, 3.05) is 5.75 Å². The Kier molecular flexibility index (Phi) is 7.10. The van der Waals surface area contributed by atoms with Gasteiger partial charge in [0, 0.05) is 11.8 Å². The summed E-state index contributed by atoms with van der Waals surface area (Å²) < 4.78 is 0. The van der Waals surface area contributed by atoms with Crippen LogP contribution in [0.4, 0.5) is 0 Å². The van der Waals surface area contributed by atoms with Crippen LogP contribution < -0.4 is 5.32 Å². The molecule has 3 unspecified atom stereocenters. The molecule has 0 radical (unpaired) electrons. The van der Waals surface area contributed by atoms with E-state index in [1.807, 2.05) is 30.9 Å². The summed E-state index contributed by atoms with van der Waals surface area (Å²) in [5, 5.41) is 3.57. The van der Waals surface area contributed by atoms with Crippen molar-refractivity contribution in [3.05, 3.63) is 34.9 Å². The molecule has 1 N–H and O–H groups in total. The van der Waals surface area contributed by atoms with Gasteiger partial charge >= 0.3 is 0 Å². The van der Waals surface area contributed by atoms with Gasteiger partial charge in [-0.3, -0.25) is 9.59 Å². The standard InChI is InChI=1S/C21H29ClN2O2S/c1-3-14(2)23-19(25)18-13-27-21(15-9-5-4-6-10-15)24(18)20(26)16-11-7-8-12-17(16)22/h7-8,11-12,14-15,18,21H,3-6,9-10,13H2,1-2H3,(H,23,25). The van der Waals surface area contributed by atoms with Crippen LogP contribution in [0.3, 0.4) is 0 Å². The maximum absolute atomic E-state index is 13.4. The minimum Gasteiger partial charge on any atom is -0.352 e. The number of carbonyl (C=O) groups excluding carboxylic acids is 2. The summed E-state index contributed by atoms with van der Waals surface area (Å²) in [6, 6.07) is 6.82. The number of carbonyl (C=O) groups is 2. The van der Waals surface area contributed by atoms with Gasteiger partial charge in [0.05, 0.1) is 16.0 Å². The van der Waals surface area contributed by atoms with Crippen LogP contribution in [0.1, 0.15) is 62.7 Å². The Morgan fingerprint density at radius 2 is 1.96 bits per heavy atom. The number of thioether (sulfide) groups is 1. The van der Waals surface area contributed by atoms with E-state index in [0.29, 0.717) is 22.3 Å². The lowest BCUT2D eigenvalue weighted by atomic mass is 9.88. The molecule has 1 aromatic carbocycles. The Labute approximate surface area is 171 Å². The second kappa shape index (κ2) is 9.33. The van der Waals surface area contributed by atoms with Crippen molar-refractivity contribution in [3.63, 3.8) is 0 Å². The van der Waals surface area contributed by atoms with E-state index in [9.17, 15) is 9.59 Å². The van der Waals surface area contributed by atoms with Gasteiger partial charge in [0.2, 0.25) is 5.91 Å². The van der Waals surface area contributed by atoms with Crippen molar-refractivity contribution < 1.29 is 9.59 Å². The van der Waals surface area contributed by atoms with E-state index < -0.39 is 6.04 Å². The molecule has 3 atom stereocenters. The highest BCUT2D eigenvalue weighted by molar-refractivity contribution is 8.00. The van der Waals surface area contributed by atoms with Crippen LogP contribution in [0, 0.1) is 5.92 Å². The summed E-state index contributed by atoms with van der Waals surface area (Å²) >= 11 is 8.07. The molecule has 148 valence electrons. The molecule has 3 rings (SSSR count). The van der Waals surface area contributed by atoms with Crippen molar-refractivity contribution in [1.29, 1.82) is 0 Å². The Morgan fingerprint density at radius 1 is 1.26 bits per heavy atom. The smallest absolute Gasteiger partial charge is 0.256 e. The molecule has 0 aromatic heterocycles. The molecule has 1 aromatic rings. The van der Waals surface area contributed by atoms with Gasteiger partial charge in [-0.1, -0.05) is 49.9 Å². The zero-order valence-corrected chi connectivity index (χ0v) is 17.7. The van der Waals surface area contributed by atoms with Crippen molar-refractivity contribution in [1.82, 2.24) is 10.2 Å². The summed E-state index contributed by atoms with van der Waals surface area (Å²) in [5.41, 5.74) is 0.490. The van der Waals surface area contributed by atoms with Gasteiger partial charge in [-0.2, -0.15) is 0 Å². The highest BCUT2D eigenvalue weighted by Crippen LogP contribution is 2.41. The molecule has 1 saturated heterocycles. The molecule has 2 aliphatic rings. The zero-order valence-electron chi connectivity index (χ0n) is 16.1. The summed E-state index contributed by atoms with van der Waals surface area (Å²) in [4.78, 5) is 28.2. The molecule has 27 heavy (non-hydrogen) atoms. The summed E-state index contributed by atoms with van der Waals surface area (Å²) in [6.07, 6.45) is 6.81. The van der Waals surface area contributed by atoms with Gasteiger partial charge in [0.25, 0.3) is 5.91 Å². The Balaban J connectivity index is 1.88. The fraction of sp³-hybridized carbons (Fsp3) is 0.619. The quantitative estimate of drug-likeness (QED) is 0.766. The van der Waals surface area contributed by atoms with E-state index >= 15 is 0 Å². The van der Waals surface area contributed by atoms with E-state index in [1.54, 1.807) is 23.9 Å². The lowest BCUT2D eigenvalue weighted by molar-refractivity contribution is -0.125. The highest BCUT2D eigenvalue weighted by atomic mass is 35.5. The van der Waals surface area contributed by atoms with E-state index in [1.165, 1.54) is 19.3 Å². The minimum absolute atomic E-state index is 0.0458. The van der Waals surface area contributed by atoms with Gasteiger partial charge in [0.1, 0.15) is 6.04 Å². The number of nitrogens with one attached hydrogen (secondary N) is 1. The second-order valence-corrected chi connectivity index (χ2v) is 9.20. The molecular weight excluding hydrogens is 380 g/mol. The van der Waals surface area contributed by atoms with Crippen molar-refractivity contribution in [2.45, 2.75) is 69.8 Å². The first-order valence-electron chi connectivity index (χ1n) is 10.0. The average Bonchev–Trinajstić information content (AvgIpc) is 3.13. The Bertz CT molecular complexity index is 678. The number of halogens is 1. The van der Waals surface area contributed by atoms with Crippen molar-refractivity contribution in [2.24, 2.45) is 5.92 Å². The number of amides is 2. The number of rotatable bonds is 5. The topological polar surface area (TPSA) is 49.4 Å². The SMILES string of the molecule is CCC(C)NC(=O)C1CSC(C2CCCCC2)N1C(=O)c1ccccc1Cl. The molecule has 2 fully saturated rings. The third-order valence-corrected chi connectivity index (χ3v) is 7.52. The fourth-order valence-corrected chi connectivity index (χ4v) is 5.84. The molecule has 1 saturated carbocycles. The van der Waals surface area contributed by atoms with Crippen LogP contribution in [0.25, 0.3) is 0 Å². The molecule has 1 heterocycles. The largest absolute Gasteiger partial charge is 0.352 e. The number of nitrogens with zero attached hydrogens (tertiary/aromatic N) is 1. The summed E-state index contributed by atoms with van der Waals surface area (Å²) in [6.45, 7) is 4.05. The Hall–Kier alpha value is -1.20. The molecule has 0 bridgehead atoms. The van der Waals surface area contributed by atoms with Crippen molar-refractivity contribution >= 4 is 35.2 Å². The maximum Gasteiger partial charge on any atom is 0.256 e. The van der Waals surface area contributed by atoms with E-state index in [2.05, 4.69) is 5.32 Å². The van der Waals surface area contributed by atoms with E-state index in [4.69, 9.17) is 11.6 Å². The number of hydrogen-bond acceptors (Lipinski definition) is 3. The van der Waals surface area contributed by atoms with Crippen molar-refractivity contribution in [3.8, 4) is 0 Å². The summed E-state index contributed by atoms with van der Waals surface area (Å²) in [5.74, 6) is 0.942. The average molecular weight is 409 g/mol. The maximum atomic E-state index is 13.4. The van der Waals surface area contributed by atoms with E-state index in [-0.39, 0.29) is 23.2 Å². The molecule has 1 aliphatic carbocycles. The van der Waals surface area contributed by atoms with Gasteiger partial charge in [-0.05, 0) is 44.2 Å². The highest BCUT2D eigenvalue weighted by Gasteiger charge is 2.45. The molecule has 6 heteroatoms. The molecule has 4 nitrogen and oxygen atoms in total. The van der Waals surface area contributed by atoms with Crippen LogP contribution >= 0.6 is 23.4 Å². The van der Waals surface area contributed by atoms with Gasteiger partial charge in [-0.25, -0.2) is 0 Å². The van der Waals surface area contributed by atoms with Gasteiger partial charge in [0.15, 0.2) is 0 Å². The molecule has 2 amide bonds. The van der Waals surface area contributed by atoms with Gasteiger partial charge < -0.3 is 10.2 Å². The normalized spacial score (nSPS) is 24.6. The van der Waals surface area contributed by atoms with E-state index in [0.717, 1.165) is 19.3 Å². The monoisotopic (exact) mass is 408 g/mol. The summed E-state index contributed by atoms with van der Waals surface area (Å²) in [7, 11) is 0. The van der Waals surface area contributed by atoms with Crippen LogP contribution in [0.5, 0.6) is 0 Å².